The molecule has 12 heavy (non-hydrogen) atoms. The fourth-order valence-corrected chi connectivity index (χ4v) is 2.99. The zero-order chi connectivity index (χ0) is 8.72. The van der Waals surface area contributed by atoms with Gasteiger partial charge in [-0.25, -0.2) is 4.39 Å². The summed E-state index contributed by atoms with van der Waals surface area (Å²) in [4.78, 5) is 0. The molecule has 0 radical (unpaired) electrons. The first-order valence-electron chi connectivity index (χ1n) is 3.21. The van der Waals surface area contributed by atoms with Crippen LogP contribution in [0.15, 0.2) is 17.5 Å². The Labute approximate surface area is 91.5 Å². The summed E-state index contributed by atoms with van der Waals surface area (Å²) in [6, 6.07) is 3.36. The molecule has 0 N–H and O–H groups in total. The van der Waals surface area contributed by atoms with Gasteiger partial charge in [-0.05, 0) is 45.5 Å². The standard InChI is InChI=1S/C8H3ClFIS/c9-6-5(10)3-4-1-2-12-8(4)7(6)11/h1-3H. The van der Waals surface area contributed by atoms with Crippen LogP contribution < -0.4 is 0 Å². The van der Waals surface area contributed by atoms with Crippen molar-refractivity contribution in [2.24, 2.45) is 0 Å². The lowest BCUT2D eigenvalue weighted by Crippen LogP contribution is -1.80. The van der Waals surface area contributed by atoms with E-state index in [2.05, 4.69) is 22.6 Å². The monoisotopic (exact) mass is 312 g/mol. The molecular formula is C8H3ClFIS. The maximum absolute atomic E-state index is 13.1. The SMILES string of the molecule is Fc1cc2ccsc2c(I)c1Cl. The van der Waals surface area contributed by atoms with Gasteiger partial charge in [-0.2, -0.15) is 0 Å². The van der Waals surface area contributed by atoms with Crippen molar-refractivity contribution in [3.8, 4) is 0 Å². The van der Waals surface area contributed by atoms with Gasteiger partial charge < -0.3 is 0 Å². The topological polar surface area (TPSA) is 0 Å². The highest BCUT2D eigenvalue weighted by Crippen LogP contribution is 2.33. The van der Waals surface area contributed by atoms with Gasteiger partial charge in [0.25, 0.3) is 0 Å². The Morgan fingerprint density at radius 3 is 3.00 bits per heavy atom. The van der Waals surface area contributed by atoms with Gasteiger partial charge in [0.2, 0.25) is 0 Å². The summed E-state index contributed by atoms with van der Waals surface area (Å²) in [5, 5.41) is 3.08. The minimum absolute atomic E-state index is 0.227. The second-order valence-corrected chi connectivity index (χ2v) is 4.70. The number of halogens is 3. The summed E-state index contributed by atoms with van der Waals surface area (Å²) in [5.74, 6) is -0.341. The van der Waals surface area contributed by atoms with Crippen LogP contribution in [0.4, 0.5) is 4.39 Å². The molecular weight excluding hydrogens is 310 g/mol. The van der Waals surface area contributed by atoms with Crippen LogP contribution in [0.5, 0.6) is 0 Å². The third-order valence-corrected chi connectivity index (χ3v) is 4.66. The number of hydrogen-bond donors (Lipinski definition) is 0. The van der Waals surface area contributed by atoms with Crippen LogP contribution >= 0.6 is 45.5 Å². The maximum atomic E-state index is 13.1. The van der Waals surface area contributed by atoms with E-state index < -0.39 is 0 Å². The van der Waals surface area contributed by atoms with Gasteiger partial charge in [-0.1, -0.05) is 11.6 Å². The molecule has 1 aromatic heterocycles. The van der Waals surface area contributed by atoms with E-state index in [1.807, 2.05) is 11.4 Å². The van der Waals surface area contributed by atoms with Crippen molar-refractivity contribution < 1.29 is 4.39 Å². The van der Waals surface area contributed by atoms with Crippen LogP contribution in [0.3, 0.4) is 0 Å². The highest BCUT2D eigenvalue weighted by Gasteiger charge is 2.09. The maximum Gasteiger partial charge on any atom is 0.143 e. The largest absolute Gasteiger partial charge is 0.205 e. The van der Waals surface area contributed by atoms with Crippen LogP contribution in [0.1, 0.15) is 0 Å². The van der Waals surface area contributed by atoms with Crippen molar-refractivity contribution in [2.75, 3.05) is 0 Å². The third kappa shape index (κ3) is 1.24. The van der Waals surface area contributed by atoms with Crippen LogP contribution in [0.2, 0.25) is 5.02 Å². The van der Waals surface area contributed by atoms with Crippen LogP contribution in [0, 0.1) is 9.39 Å². The molecule has 1 heterocycles. The number of benzene rings is 1. The average molecular weight is 313 g/mol. The van der Waals surface area contributed by atoms with Crippen molar-refractivity contribution in [2.45, 2.75) is 0 Å². The lowest BCUT2D eigenvalue weighted by atomic mass is 10.2. The molecule has 62 valence electrons. The van der Waals surface area contributed by atoms with E-state index in [0.717, 1.165) is 13.7 Å². The normalized spacial score (nSPS) is 10.9. The predicted molar refractivity (Wildman–Crippen MR) is 59.5 cm³/mol. The molecule has 0 bridgehead atoms. The molecule has 2 aromatic rings. The molecule has 0 nitrogen and oxygen atoms in total. The first-order chi connectivity index (χ1) is 5.70. The second kappa shape index (κ2) is 3.12. The molecule has 1 aromatic carbocycles. The highest BCUT2D eigenvalue weighted by molar-refractivity contribution is 14.1. The van der Waals surface area contributed by atoms with Crippen LogP contribution in [-0.2, 0) is 0 Å². The summed E-state index contributed by atoms with van der Waals surface area (Å²) < 4.78 is 14.9. The number of thiophene rings is 1. The third-order valence-electron chi connectivity index (χ3n) is 1.58. The highest BCUT2D eigenvalue weighted by atomic mass is 127. The fourth-order valence-electron chi connectivity index (χ4n) is 1.02. The minimum Gasteiger partial charge on any atom is -0.205 e. The number of hydrogen-bond acceptors (Lipinski definition) is 1. The van der Waals surface area contributed by atoms with E-state index in [4.69, 9.17) is 11.6 Å². The van der Waals surface area contributed by atoms with E-state index in [1.54, 1.807) is 11.3 Å². The zero-order valence-corrected chi connectivity index (χ0v) is 9.50. The van der Waals surface area contributed by atoms with Crippen molar-refractivity contribution in [3.63, 3.8) is 0 Å². The molecule has 0 unspecified atom stereocenters. The molecule has 0 aliphatic heterocycles. The summed E-state index contributed by atoms with van der Waals surface area (Å²) in [5.41, 5.74) is 0. The number of rotatable bonds is 0. The van der Waals surface area contributed by atoms with Gasteiger partial charge >= 0.3 is 0 Å². The van der Waals surface area contributed by atoms with Crippen LogP contribution in [0.25, 0.3) is 10.1 Å². The Balaban J connectivity index is 2.94. The van der Waals surface area contributed by atoms with Crippen molar-refractivity contribution in [3.05, 3.63) is 31.9 Å². The first-order valence-corrected chi connectivity index (χ1v) is 5.54. The lowest BCUT2D eigenvalue weighted by molar-refractivity contribution is 0.629. The van der Waals surface area contributed by atoms with Crippen LogP contribution in [-0.4, -0.2) is 0 Å². The average Bonchev–Trinajstić information content (AvgIpc) is 2.48. The Hall–Kier alpha value is 0.130. The van der Waals surface area contributed by atoms with E-state index in [-0.39, 0.29) is 10.8 Å². The lowest BCUT2D eigenvalue weighted by Gasteiger charge is -1.98. The molecule has 0 atom stereocenters. The van der Waals surface area contributed by atoms with E-state index in [0.29, 0.717) is 0 Å². The summed E-state index contributed by atoms with van der Waals surface area (Å²) in [6.45, 7) is 0. The molecule has 0 aliphatic rings. The fraction of sp³-hybridized carbons (Fsp3) is 0. The summed E-state index contributed by atoms with van der Waals surface area (Å²) in [6.07, 6.45) is 0. The molecule has 0 saturated carbocycles. The van der Waals surface area contributed by atoms with Crippen molar-refractivity contribution >= 4 is 55.6 Å². The summed E-state index contributed by atoms with van der Waals surface area (Å²) >= 11 is 9.38. The van der Waals surface area contributed by atoms with E-state index >= 15 is 0 Å². The molecule has 2 rings (SSSR count). The quantitative estimate of drug-likeness (QED) is 0.502. The van der Waals surface area contributed by atoms with Gasteiger partial charge in [0.15, 0.2) is 0 Å². The zero-order valence-electron chi connectivity index (χ0n) is 5.77. The molecule has 0 fully saturated rings. The summed E-state index contributed by atoms with van der Waals surface area (Å²) in [7, 11) is 0. The van der Waals surface area contributed by atoms with E-state index in [1.165, 1.54) is 6.07 Å². The predicted octanol–water partition coefficient (Wildman–Crippen LogP) is 4.30. The van der Waals surface area contributed by atoms with Gasteiger partial charge in [0.05, 0.1) is 8.59 Å². The molecule has 0 amide bonds. The minimum atomic E-state index is -0.341. The Morgan fingerprint density at radius 1 is 1.50 bits per heavy atom. The molecule has 0 aliphatic carbocycles. The molecule has 0 saturated heterocycles. The van der Waals surface area contributed by atoms with Crippen molar-refractivity contribution in [1.29, 1.82) is 0 Å². The first kappa shape index (κ1) is 8.72. The van der Waals surface area contributed by atoms with Crippen molar-refractivity contribution in [1.82, 2.24) is 0 Å². The van der Waals surface area contributed by atoms with Gasteiger partial charge in [0.1, 0.15) is 5.82 Å². The van der Waals surface area contributed by atoms with Gasteiger partial charge in [-0.15, -0.1) is 11.3 Å². The molecule has 0 spiro atoms. The Kier molecular flexibility index (Phi) is 2.27. The molecule has 4 heteroatoms. The Morgan fingerprint density at radius 2 is 2.25 bits per heavy atom. The van der Waals surface area contributed by atoms with E-state index in [9.17, 15) is 4.39 Å². The second-order valence-electron chi connectivity index (χ2n) is 2.33. The smallest absolute Gasteiger partial charge is 0.143 e. The van der Waals surface area contributed by atoms with Gasteiger partial charge in [-0.3, -0.25) is 0 Å². The Bertz CT molecular complexity index is 438. The number of fused-ring (bicyclic) bond motifs is 1. The van der Waals surface area contributed by atoms with Gasteiger partial charge in [0, 0.05) is 4.70 Å².